The lowest BCUT2D eigenvalue weighted by Crippen LogP contribution is -2.19. The number of carbonyl (C=O) groups excluding carboxylic acids is 1. The average molecular weight is 490 g/mol. The first-order valence-electron chi connectivity index (χ1n) is 12.6. The van der Waals surface area contributed by atoms with Gasteiger partial charge in [-0.15, -0.1) is 0 Å². The lowest BCUT2D eigenvalue weighted by molar-refractivity contribution is -0.148. The highest BCUT2D eigenvalue weighted by molar-refractivity contribution is 5.94. The van der Waals surface area contributed by atoms with Crippen LogP contribution < -0.4 is 10.1 Å². The highest BCUT2D eigenvalue weighted by Crippen LogP contribution is 2.39. The first kappa shape index (κ1) is 25.6. The van der Waals surface area contributed by atoms with Gasteiger partial charge in [0.1, 0.15) is 17.4 Å². The van der Waals surface area contributed by atoms with Crippen molar-refractivity contribution in [1.82, 2.24) is 9.97 Å². The fourth-order valence-corrected chi connectivity index (χ4v) is 4.73. The second-order valence-electron chi connectivity index (χ2n) is 9.35. The number of esters is 1. The number of fused-ring (bicyclic) bond motifs is 1. The predicted octanol–water partition coefficient (Wildman–Crippen LogP) is 5.92. The molecule has 7 nitrogen and oxygen atoms in total. The molecular weight excluding hydrogens is 454 g/mol. The summed E-state index contributed by atoms with van der Waals surface area (Å²) in [6.45, 7) is 7.96. The van der Waals surface area contributed by atoms with Crippen LogP contribution in [0.5, 0.6) is 5.75 Å². The number of methoxy groups -OCH3 is 1. The lowest BCUT2D eigenvalue weighted by atomic mass is 9.86. The summed E-state index contributed by atoms with van der Waals surface area (Å²) in [4.78, 5) is 21.6. The molecule has 3 aromatic rings. The van der Waals surface area contributed by atoms with E-state index >= 15 is 0 Å². The van der Waals surface area contributed by atoms with Crippen LogP contribution in [0.2, 0.25) is 0 Å². The fourth-order valence-electron chi connectivity index (χ4n) is 4.73. The molecule has 1 heterocycles. The molecule has 190 valence electrons. The van der Waals surface area contributed by atoms with E-state index in [0.29, 0.717) is 18.9 Å². The predicted molar refractivity (Wildman–Crippen MR) is 142 cm³/mol. The van der Waals surface area contributed by atoms with Gasteiger partial charge in [-0.1, -0.05) is 30.3 Å². The zero-order valence-electron chi connectivity index (χ0n) is 21.7. The first-order valence-corrected chi connectivity index (χ1v) is 12.6. The van der Waals surface area contributed by atoms with E-state index in [1.54, 1.807) is 14.0 Å². The zero-order chi connectivity index (χ0) is 25.8. The summed E-state index contributed by atoms with van der Waals surface area (Å²) in [5, 5.41) is 14.5. The van der Waals surface area contributed by atoms with Crippen molar-refractivity contribution in [2.45, 2.75) is 59.1 Å². The smallest absolute Gasteiger partial charge is 0.309 e. The van der Waals surface area contributed by atoms with Crippen molar-refractivity contribution >= 4 is 28.3 Å². The molecule has 1 aliphatic rings. The zero-order valence-corrected chi connectivity index (χ0v) is 21.7. The summed E-state index contributed by atoms with van der Waals surface area (Å²) in [6.07, 6.45) is 3.77. The number of nitrogens with zero attached hydrogens (tertiary/aromatic N) is 2. The van der Waals surface area contributed by atoms with Crippen LogP contribution in [0.25, 0.3) is 16.5 Å². The van der Waals surface area contributed by atoms with Gasteiger partial charge in [-0.05, 0) is 69.7 Å². The van der Waals surface area contributed by atoms with E-state index in [-0.39, 0.29) is 17.9 Å². The van der Waals surface area contributed by atoms with E-state index in [1.807, 2.05) is 44.2 Å². The summed E-state index contributed by atoms with van der Waals surface area (Å²) in [7, 11) is 1.67. The third-order valence-electron chi connectivity index (χ3n) is 6.75. The van der Waals surface area contributed by atoms with E-state index in [2.05, 4.69) is 29.4 Å². The van der Waals surface area contributed by atoms with Gasteiger partial charge in [-0.25, -0.2) is 9.97 Å². The van der Waals surface area contributed by atoms with E-state index in [4.69, 9.17) is 14.5 Å². The molecule has 1 aliphatic carbocycles. The Morgan fingerprint density at radius 3 is 2.64 bits per heavy atom. The van der Waals surface area contributed by atoms with Crippen molar-refractivity contribution in [3.63, 3.8) is 0 Å². The molecule has 0 spiro atoms. The number of aliphatic hydroxyl groups excluding tert-OH is 1. The molecular formula is C29H35N3O4. The first-order chi connectivity index (χ1) is 17.3. The SMILES string of the molecule is CCOC(=O)C1CC=C(c2cc3c(N[C@H](C)c4cccc(C(C)O)c4)nc(C)nc3cc2OC)CC1. The van der Waals surface area contributed by atoms with Crippen molar-refractivity contribution < 1.29 is 19.4 Å². The van der Waals surface area contributed by atoms with Crippen LogP contribution >= 0.6 is 0 Å². The van der Waals surface area contributed by atoms with Crippen molar-refractivity contribution in [2.75, 3.05) is 19.0 Å². The maximum atomic E-state index is 12.2. The van der Waals surface area contributed by atoms with Crippen LogP contribution in [0, 0.1) is 12.8 Å². The van der Waals surface area contributed by atoms with Crippen molar-refractivity contribution in [2.24, 2.45) is 5.92 Å². The molecule has 0 amide bonds. The number of hydrogen-bond donors (Lipinski definition) is 2. The summed E-state index contributed by atoms with van der Waals surface area (Å²) in [6, 6.07) is 12.0. The van der Waals surface area contributed by atoms with Crippen LogP contribution in [0.1, 0.15) is 74.7 Å². The standard InChI is InChI=1S/C29H35N3O4/c1-6-36-29(34)21-12-10-20(11-13-21)24-15-25-26(16-27(24)35-5)31-19(4)32-28(25)30-17(2)22-8-7-9-23(14-22)18(3)33/h7-10,14-18,21,33H,6,11-13H2,1-5H3,(H,30,31,32)/t17-,18?,21?/m1/s1. The highest BCUT2D eigenvalue weighted by Gasteiger charge is 2.25. The Kier molecular flexibility index (Phi) is 7.89. The molecule has 3 atom stereocenters. The van der Waals surface area contributed by atoms with Gasteiger partial charge in [0.25, 0.3) is 0 Å². The summed E-state index contributed by atoms with van der Waals surface area (Å²) in [5.74, 6) is 1.95. The lowest BCUT2D eigenvalue weighted by Gasteiger charge is -2.23. The summed E-state index contributed by atoms with van der Waals surface area (Å²) >= 11 is 0. The van der Waals surface area contributed by atoms with Crippen LogP contribution in [-0.2, 0) is 9.53 Å². The maximum absolute atomic E-state index is 12.2. The molecule has 1 aromatic heterocycles. The number of allylic oxidation sites excluding steroid dienone is 2. The van der Waals surface area contributed by atoms with E-state index in [0.717, 1.165) is 57.6 Å². The van der Waals surface area contributed by atoms with Crippen LogP contribution in [0.4, 0.5) is 5.82 Å². The van der Waals surface area contributed by atoms with Gasteiger partial charge < -0.3 is 19.9 Å². The second kappa shape index (κ2) is 11.1. The maximum Gasteiger partial charge on any atom is 0.309 e. The van der Waals surface area contributed by atoms with E-state index in [9.17, 15) is 9.90 Å². The van der Waals surface area contributed by atoms with Crippen LogP contribution in [-0.4, -0.2) is 34.8 Å². The molecule has 2 aromatic carbocycles. The Balaban J connectivity index is 1.69. The number of hydrogen-bond acceptors (Lipinski definition) is 7. The number of aromatic nitrogens is 2. The van der Waals surface area contributed by atoms with Gasteiger partial charge in [0, 0.05) is 23.1 Å². The Morgan fingerprint density at radius 1 is 1.19 bits per heavy atom. The van der Waals surface area contributed by atoms with E-state index < -0.39 is 6.10 Å². The quantitative estimate of drug-likeness (QED) is 0.379. The molecule has 0 radical (unpaired) electrons. The molecule has 2 N–H and O–H groups in total. The summed E-state index contributed by atoms with van der Waals surface area (Å²) < 4.78 is 11.0. The third-order valence-corrected chi connectivity index (χ3v) is 6.75. The molecule has 2 unspecified atom stereocenters. The molecule has 0 saturated heterocycles. The Bertz CT molecular complexity index is 1280. The highest BCUT2D eigenvalue weighted by atomic mass is 16.5. The van der Waals surface area contributed by atoms with Crippen LogP contribution in [0.3, 0.4) is 0 Å². The molecule has 4 rings (SSSR count). The number of rotatable bonds is 8. The molecule has 0 saturated carbocycles. The Hall–Kier alpha value is -3.45. The van der Waals surface area contributed by atoms with Crippen LogP contribution in [0.15, 0.2) is 42.5 Å². The topological polar surface area (TPSA) is 93.6 Å². The van der Waals surface area contributed by atoms with Crippen molar-refractivity contribution in [1.29, 1.82) is 0 Å². The average Bonchev–Trinajstić information content (AvgIpc) is 2.88. The minimum Gasteiger partial charge on any atom is -0.496 e. The monoisotopic (exact) mass is 489 g/mol. The van der Waals surface area contributed by atoms with E-state index in [1.165, 1.54) is 0 Å². The largest absolute Gasteiger partial charge is 0.496 e. The molecule has 0 fully saturated rings. The molecule has 0 aliphatic heterocycles. The minimum absolute atomic E-state index is 0.0361. The number of aryl methyl sites for hydroxylation is 1. The number of carbonyl (C=O) groups is 1. The number of anilines is 1. The van der Waals surface area contributed by atoms with Gasteiger partial charge in [-0.2, -0.15) is 0 Å². The van der Waals surface area contributed by atoms with Gasteiger partial charge in [0.05, 0.1) is 31.3 Å². The second-order valence-corrected chi connectivity index (χ2v) is 9.35. The Labute approximate surface area is 212 Å². The molecule has 7 heteroatoms. The number of aliphatic hydroxyl groups is 1. The Morgan fingerprint density at radius 2 is 1.97 bits per heavy atom. The number of nitrogens with one attached hydrogen (secondary N) is 1. The van der Waals surface area contributed by atoms with Crippen molar-refractivity contribution in [3.05, 3.63) is 65.0 Å². The molecule has 0 bridgehead atoms. The molecule has 36 heavy (non-hydrogen) atoms. The van der Waals surface area contributed by atoms with Gasteiger partial charge >= 0.3 is 5.97 Å². The number of ether oxygens (including phenoxy) is 2. The normalized spacial score (nSPS) is 17.3. The van der Waals surface area contributed by atoms with Gasteiger partial charge in [-0.3, -0.25) is 4.79 Å². The fraction of sp³-hybridized carbons (Fsp3) is 0.414. The minimum atomic E-state index is -0.526. The van der Waals surface area contributed by atoms with Gasteiger partial charge in [0.2, 0.25) is 0 Å². The number of benzene rings is 2. The third kappa shape index (κ3) is 5.51. The van der Waals surface area contributed by atoms with Gasteiger partial charge in [0.15, 0.2) is 0 Å². The summed E-state index contributed by atoms with van der Waals surface area (Å²) in [5.41, 5.74) is 4.88. The van der Waals surface area contributed by atoms with Crippen molar-refractivity contribution in [3.8, 4) is 5.75 Å².